The SMILES string of the molecule is COCC(=O)Nc1ccc(F)c(/C=C/C2=NOC(c3cc(Cl)cc(Cl)c3)(C(F)(F)F)C2)c1. The summed E-state index contributed by atoms with van der Waals surface area (Å²) in [5.41, 5.74) is -2.85. The number of anilines is 1. The molecule has 5 nitrogen and oxygen atoms in total. The van der Waals surface area contributed by atoms with Gasteiger partial charge in [-0.15, -0.1) is 0 Å². The number of halogens is 6. The fraction of sp³-hybridized carbons (Fsp3) is 0.238. The van der Waals surface area contributed by atoms with Gasteiger partial charge < -0.3 is 14.9 Å². The molecule has 1 heterocycles. The third-order valence-electron chi connectivity index (χ3n) is 4.55. The molecule has 2 aromatic rings. The first-order chi connectivity index (χ1) is 15.0. The van der Waals surface area contributed by atoms with Crippen molar-refractivity contribution in [1.82, 2.24) is 0 Å². The number of hydrogen-bond acceptors (Lipinski definition) is 4. The molecule has 170 valence electrons. The van der Waals surface area contributed by atoms with Gasteiger partial charge in [-0.25, -0.2) is 4.39 Å². The highest BCUT2D eigenvalue weighted by molar-refractivity contribution is 6.34. The van der Waals surface area contributed by atoms with Crippen molar-refractivity contribution in [3.63, 3.8) is 0 Å². The summed E-state index contributed by atoms with van der Waals surface area (Å²) in [5.74, 6) is -1.09. The van der Waals surface area contributed by atoms with Crippen LogP contribution in [0.5, 0.6) is 0 Å². The van der Waals surface area contributed by atoms with Crippen LogP contribution in [0.1, 0.15) is 17.5 Å². The summed E-state index contributed by atoms with van der Waals surface area (Å²) in [5, 5.41) is 6.08. The summed E-state index contributed by atoms with van der Waals surface area (Å²) in [6.45, 7) is -0.191. The van der Waals surface area contributed by atoms with Gasteiger partial charge in [0.05, 0.1) is 5.71 Å². The molecule has 3 rings (SSSR count). The second-order valence-corrected chi connectivity index (χ2v) is 7.76. The number of nitrogens with zero attached hydrogens (tertiary/aromatic N) is 1. The lowest BCUT2D eigenvalue weighted by molar-refractivity contribution is -0.275. The van der Waals surface area contributed by atoms with E-state index in [1.54, 1.807) is 0 Å². The minimum atomic E-state index is -4.84. The molecular weight excluding hydrogens is 475 g/mol. The van der Waals surface area contributed by atoms with Crippen LogP contribution in [-0.4, -0.2) is 31.5 Å². The van der Waals surface area contributed by atoms with E-state index >= 15 is 0 Å². The van der Waals surface area contributed by atoms with E-state index in [9.17, 15) is 22.4 Å². The van der Waals surface area contributed by atoms with Crippen molar-refractivity contribution in [3.05, 3.63) is 69.5 Å². The molecule has 0 aromatic heterocycles. The number of benzene rings is 2. The monoisotopic (exact) mass is 490 g/mol. The molecule has 32 heavy (non-hydrogen) atoms. The summed E-state index contributed by atoms with van der Waals surface area (Å²) in [6.07, 6.45) is -3.06. The van der Waals surface area contributed by atoms with Gasteiger partial charge in [0.2, 0.25) is 5.91 Å². The maximum Gasteiger partial charge on any atom is 0.435 e. The van der Waals surface area contributed by atoms with Gasteiger partial charge in [-0.05, 0) is 42.5 Å². The minimum Gasteiger partial charge on any atom is -0.375 e. The number of carbonyl (C=O) groups excluding carboxylic acids is 1. The molecule has 1 unspecified atom stereocenters. The molecular formula is C21H16Cl2F4N2O3. The number of alkyl halides is 3. The van der Waals surface area contributed by atoms with Gasteiger partial charge in [0, 0.05) is 40.4 Å². The highest BCUT2D eigenvalue weighted by atomic mass is 35.5. The van der Waals surface area contributed by atoms with E-state index in [1.165, 1.54) is 37.5 Å². The Kier molecular flexibility index (Phi) is 7.12. The highest BCUT2D eigenvalue weighted by Gasteiger charge is 2.62. The average molecular weight is 491 g/mol. The molecule has 0 radical (unpaired) electrons. The van der Waals surface area contributed by atoms with Crippen molar-refractivity contribution in [3.8, 4) is 0 Å². The maximum absolute atomic E-state index is 14.2. The quantitative estimate of drug-likeness (QED) is 0.507. The van der Waals surface area contributed by atoms with Crippen molar-refractivity contribution >= 4 is 46.6 Å². The zero-order chi connectivity index (χ0) is 23.5. The smallest absolute Gasteiger partial charge is 0.375 e. The number of ether oxygens (including phenoxy) is 1. The normalized spacial score (nSPS) is 18.5. The predicted molar refractivity (Wildman–Crippen MR) is 113 cm³/mol. The Morgan fingerprint density at radius 3 is 2.53 bits per heavy atom. The summed E-state index contributed by atoms with van der Waals surface area (Å²) in [7, 11) is 1.35. The van der Waals surface area contributed by atoms with Crippen LogP contribution in [0.3, 0.4) is 0 Å². The van der Waals surface area contributed by atoms with E-state index < -0.39 is 29.9 Å². The Balaban J connectivity index is 1.84. The molecule has 1 aliphatic heterocycles. The third kappa shape index (κ3) is 5.23. The Bertz CT molecular complexity index is 1070. The lowest BCUT2D eigenvalue weighted by Gasteiger charge is -2.29. The number of carbonyl (C=O) groups is 1. The number of hydrogen-bond donors (Lipinski definition) is 1. The lowest BCUT2D eigenvalue weighted by Crippen LogP contribution is -2.42. The van der Waals surface area contributed by atoms with E-state index in [2.05, 4.69) is 10.5 Å². The molecule has 11 heteroatoms. The summed E-state index contributed by atoms with van der Waals surface area (Å²) in [6, 6.07) is 7.29. The van der Waals surface area contributed by atoms with E-state index in [0.29, 0.717) is 0 Å². The molecule has 2 aromatic carbocycles. The fourth-order valence-electron chi connectivity index (χ4n) is 3.07. The number of oxime groups is 1. The Labute approximate surface area is 190 Å². The van der Waals surface area contributed by atoms with Crippen molar-refractivity contribution in [1.29, 1.82) is 0 Å². The summed E-state index contributed by atoms with van der Waals surface area (Å²) in [4.78, 5) is 16.5. The molecule has 0 fully saturated rings. The van der Waals surface area contributed by atoms with E-state index in [4.69, 9.17) is 32.8 Å². The van der Waals surface area contributed by atoms with Gasteiger partial charge in [-0.2, -0.15) is 13.2 Å². The molecule has 1 atom stereocenters. The molecule has 0 saturated heterocycles. The Hall–Kier alpha value is -2.62. The third-order valence-corrected chi connectivity index (χ3v) is 4.98. The number of methoxy groups -OCH3 is 1. The van der Waals surface area contributed by atoms with Crippen LogP contribution in [0.25, 0.3) is 6.08 Å². The zero-order valence-electron chi connectivity index (χ0n) is 16.5. The summed E-state index contributed by atoms with van der Waals surface area (Å²) < 4.78 is 60.8. The van der Waals surface area contributed by atoms with Crippen molar-refractivity contribution in [2.45, 2.75) is 18.2 Å². The molecule has 0 saturated carbocycles. The molecule has 1 amide bonds. The first-order valence-electron chi connectivity index (χ1n) is 9.09. The fourth-order valence-corrected chi connectivity index (χ4v) is 3.59. The second-order valence-electron chi connectivity index (χ2n) is 6.88. The average Bonchev–Trinajstić information content (AvgIpc) is 3.13. The Morgan fingerprint density at radius 1 is 1.22 bits per heavy atom. The largest absolute Gasteiger partial charge is 0.435 e. The summed E-state index contributed by atoms with van der Waals surface area (Å²) >= 11 is 11.7. The highest BCUT2D eigenvalue weighted by Crippen LogP contribution is 2.49. The van der Waals surface area contributed by atoms with Crippen LogP contribution in [0.15, 0.2) is 47.6 Å². The van der Waals surface area contributed by atoms with Gasteiger partial charge in [-0.1, -0.05) is 34.4 Å². The first kappa shape index (κ1) is 24.0. The van der Waals surface area contributed by atoms with E-state index in [0.717, 1.165) is 18.2 Å². The van der Waals surface area contributed by atoms with E-state index in [-0.39, 0.29) is 39.2 Å². The lowest BCUT2D eigenvalue weighted by atomic mass is 9.88. The molecule has 1 N–H and O–H groups in total. The standard InChI is InChI=1S/C21H16Cl2F4N2O3/c1-31-11-19(30)28-16-4-5-18(24)12(6-16)2-3-17-10-20(32-29-17,21(25,26)27)13-7-14(22)9-15(23)8-13/h2-9H,10-11H2,1H3,(H,28,30)/b3-2+. The number of amides is 1. The van der Waals surface area contributed by atoms with Gasteiger partial charge in [-0.3, -0.25) is 4.79 Å². The molecule has 1 aliphatic rings. The van der Waals surface area contributed by atoms with Gasteiger partial charge >= 0.3 is 6.18 Å². The van der Waals surface area contributed by atoms with Crippen LogP contribution in [0.4, 0.5) is 23.2 Å². The minimum absolute atomic E-state index is 0.0122. The molecule has 0 spiro atoms. The van der Waals surface area contributed by atoms with Crippen molar-refractivity contribution in [2.75, 3.05) is 19.0 Å². The second kappa shape index (κ2) is 9.48. The van der Waals surface area contributed by atoms with Crippen molar-refractivity contribution < 1.29 is 31.9 Å². The van der Waals surface area contributed by atoms with Gasteiger partial charge in [0.15, 0.2) is 0 Å². The molecule has 0 aliphatic carbocycles. The van der Waals surface area contributed by atoms with Crippen LogP contribution in [-0.2, 0) is 20.0 Å². The number of rotatable bonds is 6. The number of nitrogens with one attached hydrogen (secondary N) is 1. The Morgan fingerprint density at radius 2 is 1.91 bits per heavy atom. The zero-order valence-corrected chi connectivity index (χ0v) is 18.0. The van der Waals surface area contributed by atoms with Crippen LogP contribution < -0.4 is 5.32 Å². The number of allylic oxidation sites excluding steroid dienone is 1. The first-order valence-corrected chi connectivity index (χ1v) is 9.84. The predicted octanol–water partition coefficient (Wildman–Crippen LogP) is 5.96. The van der Waals surface area contributed by atoms with Gasteiger partial charge in [0.25, 0.3) is 5.60 Å². The topological polar surface area (TPSA) is 59.9 Å². The van der Waals surface area contributed by atoms with E-state index in [1.807, 2.05) is 0 Å². The maximum atomic E-state index is 14.2. The van der Waals surface area contributed by atoms with Gasteiger partial charge in [0.1, 0.15) is 12.4 Å². The molecule has 0 bridgehead atoms. The van der Waals surface area contributed by atoms with Crippen molar-refractivity contribution in [2.24, 2.45) is 5.16 Å². The van der Waals surface area contributed by atoms with Crippen LogP contribution >= 0.6 is 23.2 Å². The van der Waals surface area contributed by atoms with Crippen LogP contribution in [0.2, 0.25) is 10.0 Å². The van der Waals surface area contributed by atoms with Crippen LogP contribution in [0, 0.1) is 5.82 Å².